The lowest BCUT2D eigenvalue weighted by Crippen LogP contribution is -2.41. The minimum absolute atomic E-state index is 0.0487. The number of aromatic nitrogens is 3. The number of hydrogen-bond acceptors (Lipinski definition) is 6. The quantitative estimate of drug-likeness (QED) is 0.764. The van der Waals surface area contributed by atoms with E-state index in [4.69, 9.17) is 0 Å². The number of hydrogen-bond donors (Lipinski definition) is 1. The summed E-state index contributed by atoms with van der Waals surface area (Å²) in [5, 5.41) is 4.07. The topological polar surface area (TPSA) is 71.0 Å². The van der Waals surface area contributed by atoms with Gasteiger partial charge in [0, 0.05) is 24.2 Å². The molecule has 0 radical (unpaired) electrons. The van der Waals surface area contributed by atoms with Crippen LogP contribution in [0.1, 0.15) is 24.6 Å². The van der Waals surface area contributed by atoms with Crippen molar-refractivity contribution in [2.75, 3.05) is 23.3 Å². The van der Waals surface area contributed by atoms with Crippen molar-refractivity contribution in [3.63, 3.8) is 0 Å². The Kier molecular flexibility index (Phi) is 4.79. The van der Waals surface area contributed by atoms with Crippen molar-refractivity contribution >= 4 is 39.0 Å². The molecule has 3 aromatic heterocycles. The predicted octanol–water partition coefficient (Wildman–Crippen LogP) is 3.50. The van der Waals surface area contributed by atoms with E-state index in [1.165, 1.54) is 4.88 Å². The highest BCUT2D eigenvalue weighted by molar-refractivity contribution is 7.18. The van der Waals surface area contributed by atoms with Gasteiger partial charge in [-0.3, -0.25) is 9.78 Å². The van der Waals surface area contributed by atoms with Crippen LogP contribution in [0, 0.1) is 5.92 Å². The number of carbonyl (C=O) groups is 1. The van der Waals surface area contributed by atoms with Crippen LogP contribution in [0.25, 0.3) is 10.2 Å². The van der Waals surface area contributed by atoms with E-state index in [-0.39, 0.29) is 11.8 Å². The number of nitrogens with one attached hydrogen (secondary N) is 1. The average molecular weight is 367 g/mol. The Hall–Kier alpha value is -2.54. The molecule has 0 aromatic carbocycles. The largest absolute Gasteiger partial charge is 0.355 e. The molecular formula is C19H21N5OS. The van der Waals surface area contributed by atoms with Crippen LogP contribution in [-0.4, -0.2) is 33.9 Å². The zero-order valence-corrected chi connectivity index (χ0v) is 15.5. The molecule has 4 rings (SSSR count). The number of aryl methyl sites for hydroxylation is 1. The number of anilines is 2. The van der Waals surface area contributed by atoms with Crippen LogP contribution in [0.2, 0.25) is 0 Å². The summed E-state index contributed by atoms with van der Waals surface area (Å²) >= 11 is 1.72. The molecule has 134 valence electrons. The van der Waals surface area contributed by atoms with Crippen molar-refractivity contribution in [2.45, 2.75) is 26.2 Å². The van der Waals surface area contributed by atoms with Crippen molar-refractivity contribution in [1.82, 2.24) is 15.0 Å². The van der Waals surface area contributed by atoms with Crippen LogP contribution in [-0.2, 0) is 11.2 Å². The molecule has 0 aliphatic carbocycles. The smallest absolute Gasteiger partial charge is 0.229 e. The first-order chi connectivity index (χ1) is 12.7. The molecule has 26 heavy (non-hydrogen) atoms. The third-order valence-corrected chi connectivity index (χ3v) is 5.92. The fraction of sp³-hybridized carbons (Fsp3) is 0.368. The second-order valence-corrected chi connectivity index (χ2v) is 7.61. The SMILES string of the molecule is CCc1cc2c(N3CCCC(C(=O)Nc4cccnc4)C3)ncnc2s1. The number of pyridine rings is 1. The number of rotatable bonds is 4. The van der Waals surface area contributed by atoms with Crippen molar-refractivity contribution in [3.05, 3.63) is 41.8 Å². The molecule has 1 fully saturated rings. The molecule has 0 spiro atoms. The molecule has 1 saturated heterocycles. The lowest BCUT2D eigenvalue weighted by Gasteiger charge is -2.33. The van der Waals surface area contributed by atoms with Gasteiger partial charge in [0.1, 0.15) is 17.0 Å². The molecule has 7 heteroatoms. The van der Waals surface area contributed by atoms with Gasteiger partial charge in [0.05, 0.1) is 23.2 Å². The predicted molar refractivity (Wildman–Crippen MR) is 105 cm³/mol. The maximum absolute atomic E-state index is 12.7. The third kappa shape index (κ3) is 3.39. The number of fused-ring (bicyclic) bond motifs is 1. The van der Waals surface area contributed by atoms with E-state index < -0.39 is 0 Å². The number of amides is 1. The van der Waals surface area contributed by atoms with Gasteiger partial charge in [0.2, 0.25) is 5.91 Å². The molecule has 1 N–H and O–H groups in total. The van der Waals surface area contributed by atoms with Gasteiger partial charge in [-0.05, 0) is 37.5 Å². The first-order valence-corrected chi connectivity index (χ1v) is 9.75. The van der Waals surface area contributed by atoms with Crippen LogP contribution in [0.5, 0.6) is 0 Å². The molecule has 1 unspecified atom stereocenters. The lowest BCUT2D eigenvalue weighted by atomic mass is 9.97. The minimum Gasteiger partial charge on any atom is -0.355 e. The molecular weight excluding hydrogens is 346 g/mol. The molecule has 1 aliphatic heterocycles. The molecule has 4 heterocycles. The summed E-state index contributed by atoms with van der Waals surface area (Å²) in [6.07, 6.45) is 7.86. The Morgan fingerprint density at radius 3 is 3.15 bits per heavy atom. The lowest BCUT2D eigenvalue weighted by molar-refractivity contribution is -0.120. The molecule has 1 amide bonds. The summed E-state index contributed by atoms with van der Waals surface area (Å²) in [5.41, 5.74) is 0.740. The van der Waals surface area contributed by atoms with E-state index in [0.717, 1.165) is 47.5 Å². The van der Waals surface area contributed by atoms with Crippen LogP contribution in [0.4, 0.5) is 11.5 Å². The number of piperidine rings is 1. The second-order valence-electron chi connectivity index (χ2n) is 6.50. The molecule has 0 bridgehead atoms. The van der Waals surface area contributed by atoms with Gasteiger partial charge in [0.25, 0.3) is 0 Å². The molecule has 0 saturated carbocycles. The average Bonchev–Trinajstić information content (AvgIpc) is 3.12. The third-order valence-electron chi connectivity index (χ3n) is 4.73. The molecule has 3 aromatic rings. The highest BCUT2D eigenvalue weighted by Gasteiger charge is 2.28. The Balaban J connectivity index is 1.53. The second kappa shape index (κ2) is 7.37. The van der Waals surface area contributed by atoms with Gasteiger partial charge in [-0.2, -0.15) is 0 Å². The van der Waals surface area contributed by atoms with E-state index in [1.807, 2.05) is 12.1 Å². The Bertz CT molecular complexity index is 911. The fourth-order valence-corrected chi connectivity index (χ4v) is 4.31. The Morgan fingerprint density at radius 1 is 1.42 bits per heavy atom. The summed E-state index contributed by atoms with van der Waals surface area (Å²) in [4.78, 5) is 30.2. The summed E-state index contributed by atoms with van der Waals surface area (Å²) in [6.45, 7) is 3.74. The fourth-order valence-electron chi connectivity index (χ4n) is 3.38. The van der Waals surface area contributed by atoms with Crippen molar-refractivity contribution < 1.29 is 4.79 Å². The summed E-state index contributed by atoms with van der Waals surface area (Å²) < 4.78 is 0. The highest BCUT2D eigenvalue weighted by atomic mass is 32.1. The van der Waals surface area contributed by atoms with Crippen LogP contribution in [0.15, 0.2) is 36.9 Å². The van der Waals surface area contributed by atoms with E-state index in [1.54, 1.807) is 30.1 Å². The summed E-state index contributed by atoms with van der Waals surface area (Å²) in [7, 11) is 0. The van der Waals surface area contributed by atoms with E-state index >= 15 is 0 Å². The Morgan fingerprint density at radius 2 is 2.35 bits per heavy atom. The first kappa shape index (κ1) is 16.9. The first-order valence-electron chi connectivity index (χ1n) is 8.94. The molecule has 6 nitrogen and oxygen atoms in total. The zero-order chi connectivity index (χ0) is 17.9. The van der Waals surface area contributed by atoms with E-state index in [0.29, 0.717) is 6.54 Å². The normalized spacial score (nSPS) is 17.4. The summed E-state index contributed by atoms with van der Waals surface area (Å²) in [6, 6.07) is 5.87. The summed E-state index contributed by atoms with van der Waals surface area (Å²) in [5.74, 6) is 0.940. The molecule has 1 atom stereocenters. The van der Waals surface area contributed by atoms with Crippen LogP contribution in [0.3, 0.4) is 0 Å². The Labute approximate surface area is 156 Å². The van der Waals surface area contributed by atoms with Crippen molar-refractivity contribution in [2.24, 2.45) is 5.92 Å². The zero-order valence-electron chi connectivity index (χ0n) is 14.7. The highest BCUT2D eigenvalue weighted by Crippen LogP contribution is 2.32. The van der Waals surface area contributed by atoms with Gasteiger partial charge in [0.15, 0.2) is 0 Å². The van der Waals surface area contributed by atoms with Crippen molar-refractivity contribution in [3.8, 4) is 0 Å². The maximum atomic E-state index is 12.7. The number of carbonyl (C=O) groups excluding carboxylic acids is 1. The van der Waals surface area contributed by atoms with Crippen LogP contribution >= 0.6 is 11.3 Å². The van der Waals surface area contributed by atoms with E-state index in [9.17, 15) is 4.79 Å². The molecule has 1 aliphatic rings. The minimum atomic E-state index is -0.0572. The maximum Gasteiger partial charge on any atom is 0.229 e. The standard InChI is InChI=1S/C19H21N5OS/c1-2-15-9-16-17(21-12-22-19(16)26-15)24-8-4-5-13(11-24)18(25)23-14-6-3-7-20-10-14/h3,6-7,9-10,12-13H,2,4-5,8,11H2,1H3,(H,23,25). The van der Waals surface area contributed by atoms with Gasteiger partial charge >= 0.3 is 0 Å². The van der Waals surface area contributed by atoms with E-state index in [2.05, 4.69) is 38.2 Å². The van der Waals surface area contributed by atoms with Crippen molar-refractivity contribution in [1.29, 1.82) is 0 Å². The monoisotopic (exact) mass is 367 g/mol. The van der Waals surface area contributed by atoms with Gasteiger partial charge in [-0.25, -0.2) is 9.97 Å². The van der Waals surface area contributed by atoms with Crippen LogP contribution < -0.4 is 10.2 Å². The number of nitrogens with zero attached hydrogens (tertiary/aromatic N) is 4. The van der Waals surface area contributed by atoms with Gasteiger partial charge in [-0.15, -0.1) is 11.3 Å². The van der Waals surface area contributed by atoms with Gasteiger partial charge < -0.3 is 10.2 Å². The van der Waals surface area contributed by atoms with Gasteiger partial charge in [-0.1, -0.05) is 6.92 Å². The number of thiophene rings is 1.